The molecule has 0 aliphatic heterocycles. The Kier molecular flexibility index (Phi) is 1.71. The predicted molar refractivity (Wildman–Crippen MR) is 59.5 cm³/mol. The van der Waals surface area contributed by atoms with Crippen LogP contribution < -0.4 is 5.73 Å². The van der Waals surface area contributed by atoms with E-state index in [-0.39, 0.29) is 0 Å². The zero-order valence-electron chi connectivity index (χ0n) is 8.75. The topological polar surface area (TPSA) is 67.6 Å². The van der Waals surface area contributed by atoms with Gasteiger partial charge in [-0.15, -0.1) is 0 Å². The van der Waals surface area contributed by atoms with Crippen molar-refractivity contribution in [2.45, 2.75) is 26.2 Å². The van der Waals surface area contributed by atoms with Gasteiger partial charge in [0.2, 0.25) is 0 Å². The number of aromatic nitrogens is 3. The standard InChI is InChI=1S/C11H14N4/c1-6-2-3-8-7(4-6)5-13-11-9(8)10(12)14-15-11/h5-6H,2-4H2,1H3,(H3,12,13,14,15). The highest BCUT2D eigenvalue weighted by molar-refractivity contribution is 5.90. The van der Waals surface area contributed by atoms with Crippen LogP contribution in [0.4, 0.5) is 5.82 Å². The summed E-state index contributed by atoms with van der Waals surface area (Å²) < 4.78 is 0. The molecule has 3 N–H and O–H groups in total. The molecule has 15 heavy (non-hydrogen) atoms. The summed E-state index contributed by atoms with van der Waals surface area (Å²) in [6.07, 6.45) is 5.40. The molecule has 3 rings (SSSR count). The first-order valence-corrected chi connectivity index (χ1v) is 5.36. The summed E-state index contributed by atoms with van der Waals surface area (Å²) in [4.78, 5) is 4.33. The Balaban J connectivity index is 2.28. The average Bonchev–Trinajstić information content (AvgIpc) is 2.60. The van der Waals surface area contributed by atoms with Crippen LogP contribution in [0, 0.1) is 5.92 Å². The maximum Gasteiger partial charge on any atom is 0.183 e. The molecule has 0 amide bonds. The van der Waals surface area contributed by atoms with Gasteiger partial charge in [0.15, 0.2) is 5.65 Å². The predicted octanol–water partition coefficient (Wildman–Crippen LogP) is 1.66. The second kappa shape index (κ2) is 2.95. The maximum absolute atomic E-state index is 5.88. The fourth-order valence-corrected chi connectivity index (χ4v) is 2.44. The quantitative estimate of drug-likeness (QED) is 0.682. The molecule has 0 saturated heterocycles. The van der Waals surface area contributed by atoms with E-state index in [0.717, 1.165) is 29.8 Å². The number of nitrogen functional groups attached to an aromatic ring is 1. The third kappa shape index (κ3) is 1.21. The van der Waals surface area contributed by atoms with Crippen LogP contribution in [0.3, 0.4) is 0 Å². The molecule has 1 atom stereocenters. The van der Waals surface area contributed by atoms with Crippen molar-refractivity contribution in [3.8, 4) is 0 Å². The van der Waals surface area contributed by atoms with E-state index in [4.69, 9.17) is 5.73 Å². The van der Waals surface area contributed by atoms with E-state index in [1.807, 2.05) is 6.20 Å². The second-order valence-electron chi connectivity index (χ2n) is 4.45. The lowest BCUT2D eigenvalue weighted by molar-refractivity contribution is 0.502. The van der Waals surface area contributed by atoms with E-state index in [9.17, 15) is 0 Å². The van der Waals surface area contributed by atoms with Gasteiger partial charge in [-0.05, 0) is 36.3 Å². The molecule has 1 aliphatic rings. The summed E-state index contributed by atoms with van der Waals surface area (Å²) in [5, 5.41) is 7.93. The number of nitrogens with zero attached hydrogens (tertiary/aromatic N) is 2. The molecule has 2 heterocycles. The average molecular weight is 202 g/mol. The van der Waals surface area contributed by atoms with Crippen molar-refractivity contribution in [2.24, 2.45) is 5.92 Å². The number of hydrogen-bond acceptors (Lipinski definition) is 3. The molecule has 2 aromatic heterocycles. The Labute approximate surface area is 87.9 Å². The van der Waals surface area contributed by atoms with Crippen molar-refractivity contribution in [3.05, 3.63) is 17.3 Å². The van der Waals surface area contributed by atoms with Gasteiger partial charge in [-0.25, -0.2) is 4.98 Å². The number of nitrogens with two attached hydrogens (primary N) is 1. The molecule has 0 aromatic carbocycles. The van der Waals surface area contributed by atoms with Gasteiger partial charge in [-0.2, -0.15) is 5.10 Å². The number of aromatic amines is 1. The molecule has 2 aromatic rings. The summed E-state index contributed by atoms with van der Waals surface area (Å²) in [7, 11) is 0. The molecule has 0 spiro atoms. The van der Waals surface area contributed by atoms with Gasteiger partial charge >= 0.3 is 0 Å². The van der Waals surface area contributed by atoms with E-state index in [1.54, 1.807) is 0 Å². The van der Waals surface area contributed by atoms with Crippen LogP contribution >= 0.6 is 0 Å². The van der Waals surface area contributed by atoms with E-state index in [0.29, 0.717) is 5.82 Å². The minimum absolute atomic E-state index is 0.656. The van der Waals surface area contributed by atoms with E-state index in [1.165, 1.54) is 17.5 Å². The van der Waals surface area contributed by atoms with Gasteiger partial charge in [0.25, 0.3) is 0 Å². The Bertz CT molecular complexity index is 515. The molecule has 78 valence electrons. The highest BCUT2D eigenvalue weighted by Gasteiger charge is 2.20. The third-order valence-corrected chi connectivity index (χ3v) is 3.26. The fraction of sp³-hybridized carbons (Fsp3) is 0.455. The maximum atomic E-state index is 5.88. The summed E-state index contributed by atoms with van der Waals surface area (Å²) in [5.41, 5.74) is 9.32. The molecule has 1 unspecified atom stereocenters. The van der Waals surface area contributed by atoms with Crippen LogP contribution in [0.5, 0.6) is 0 Å². The highest BCUT2D eigenvalue weighted by atomic mass is 15.2. The number of fused-ring (bicyclic) bond motifs is 3. The summed E-state index contributed by atoms with van der Waals surface area (Å²) in [5.74, 6) is 1.41. The number of aryl methyl sites for hydroxylation is 1. The van der Waals surface area contributed by atoms with Crippen LogP contribution in [0.1, 0.15) is 24.5 Å². The minimum atomic E-state index is 0.656. The van der Waals surface area contributed by atoms with Crippen molar-refractivity contribution >= 4 is 16.9 Å². The molecule has 0 saturated carbocycles. The van der Waals surface area contributed by atoms with Crippen LogP contribution in [0.15, 0.2) is 6.20 Å². The summed E-state index contributed by atoms with van der Waals surface area (Å²) in [6, 6.07) is 0. The van der Waals surface area contributed by atoms with Crippen molar-refractivity contribution in [3.63, 3.8) is 0 Å². The van der Waals surface area contributed by atoms with Crippen molar-refractivity contribution in [1.29, 1.82) is 0 Å². The molecular weight excluding hydrogens is 188 g/mol. The monoisotopic (exact) mass is 202 g/mol. The Morgan fingerprint density at radius 2 is 2.40 bits per heavy atom. The van der Waals surface area contributed by atoms with Gasteiger partial charge in [0.1, 0.15) is 5.82 Å². The van der Waals surface area contributed by atoms with Gasteiger partial charge in [-0.3, -0.25) is 5.10 Å². The molecule has 0 bridgehead atoms. The van der Waals surface area contributed by atoms with E-state index in [2.05, 4.69) is 22.1 Å². The molecule has 4 heteroatoms. The second-order valence-corrected chi connectivity index (χ2v) is 4.45. The number of pyridine rings is 1. The summed E-state index contributed by atoms with van der Waals surface area (Å²) in [6.45, 7) is 2.28. The summed E-state index contributed by atoms with van der Waals surface area (Å²) >= 11 is 0. The smallest absolute Gasteiger partial charge is 0.183 e. The minimum Gasteiger partial charge on any atom is -0.384 e. The number of hydrogen-bond donors (Lipinski definition) is 2. The SMILES string of the molecule is CC1CCc2c(cnc3n[nH]c(N)c23)C1. The first-order chi connectivity index (χ1) is 7.25. The van der Waals surface area contributed by atoms with Gasteiger partial charge in [0.05, 0.1) is 5.39 Å². The van der Waals surface area contributed by atoms with Crippen molar-refractivity contribution < 1.29 is 0 Å². The molecule has 0 radical (unpaired) electrons. The zero-order chi connectivity index (χ0) is 10.4. The zero-order valence-corrected chi connectivity index (χ0v) is 8.75. The molecule has 1 aliphatic carbocycles. The highest BCUT2D eigenvalue weighted by Crippen LogP contribution is 2.31. The van der Waals surface area contributed by atoms with Gasteiger partial charge < -0.3 is 5.73 Å². The Morgan fingerprint density at radius 1 is 1.53 bits per heavy atom. The van der Waals surface area contributed by atoms with E-state index < -0.39 is 0 Å². The lowest BCUT2D eigenvalue weighted by Crippen LogP contribution is -2.12. The van der Waals surface area contributed by atoms with Gasteiger partial charge in [0, 0.05) is 6.20 Å². The van der Waals surface area contributed by atoms with Crippen molar-refractivity contribution in [1.82, 2.24) is 15.2 Å². The van der Waals surface area contributed by atoms with Crippen LogP contribution in [0.2, 0.25) is 0 Å². The third-order valence-electron chi connectivity index (χ3n) is 3.26. The van der Waals surface area contributed by atoms with Crippen LogP contribution in [-0.2, 0) is 12.8 Å². The van der Waals surface area contributed by atoms with Crippen LogP contribution in [0.25, 0.3) is 11.0 Å². The Morgan fingerprint density at radius 3 is 3.27 bits per heavy atom. The number of anilines is 1. The fourth-order valence-electron chi connectivity index (χ4n) is 2.44. The van der Waals surface area contributed by atoms with Crippen molar-refractivity contribution in [2.75, 3.05) is 5.73 Å². The Hall–Kier alpha value is -1.58. The van der Waals surface area contributed by atoms with Gasteiger partial charge in [-0.1, -0.05) is 6.92 Å². The molecular formula is C11H14N4. The lowest BCUT2D eigenvalue weighted by atomic mass is 9.85. The van der Waals surface area contributed by atoms with Crippen LogP contribution in [-0.4, -0.2) is 15.2 Å². The number of nitrogens with one attached hydrogen (secondary N) is 1. The molecule has 0 fully saturated rings. The first kappa shape index (κ1) is 8.71. The lowest BCUT2D eigenvalue weighted by Gasteiger charge is -2.21. The largest absolute Gasteiger partial charge is 0.384 e. The first-order valence-electron chi connectivity index (χ1n) is 5.36. The normalized spacial score (nSPS) is 20.5. The molecule has 4 nitrogen and oxygen atoms in total. The number of rotatable bonds is 0. The number of H-pyrrole nitrogens is 1. The van der Waals surface area contributed by atoms with E-state index >= 15 is 0 Å².